The Morgan fingerprint density at radius 2 is 2.33 bits per heavy atom. The van der Waals surface area contributed by atoms with Crippen molar-refractivity contribution in [2.24, 2.45) is 0 Å². The number of benzene rings is 1. The number of nitrogens with two attached hydrogens (primary N) is 1. The fourth-order valence-corrected chi connectivity index (χ4v) is 1.63. The van der Waals surface area contributed by atoms with Crippen LogP contribution in [-0.4, -0.2) is 33.0 Å². The van der Waals surface area contributed by atoms with Crippen molar-refractivity contribution in [2.45, 2.75) is 13.0 Å². The maximum atomic E-state index is 12.0. The molecule has 0 aliphatic rings. The van der Waals surface area contributed by atoms with Crippen molar-refractivity contribution < 1.29 is 4.79 Å². The van der Waals surface area contributed by atoms with Crippen LogP contribution in [-0.2, 0) is 17.8 Å². The van der Waals surface area contributed by atoms with Gasteiger partial charge in [0.05, 0.1) is 13.0 Å². The van der Waals surface area contributed by atoms with Gasteiger partial charge in [0, 0.05) is 12.7 Å². The Morgan fingerprint density at radius 3 is 3.00 bits per heavy atom. The second-order valence-electron chi connectivity index (χ2n) is 4.10. The van der Waals surface area contributed by atoms with Gasteiger partial charge in [-0.05, 0) is 17.7 Å². The highest BCUT2D eigenvalue weighted by Gasteiger charge is 2.11. The number of carbonyl (C=O) groups is 1. The Balaban J connectivity index is 1.95. The van der Waals surface area contributed by atoms with E-state index in [0.717, 1.165) is 5.56 Å². The second-order valence-corrected chi connectivity index (χ2v) is 4.10. The van der Waals surface area contributed by atoms with E-state index >= 15 is 0 Å². The first-order valence-corrected chi connectivity index (χ1v) is 5.58. The van der Waals surface area contributed by atoms with Gasteiger partial charge in [-0.1, -0.05) is 12.1 Å². The first-order chi connectivity index (χ1) is 8.65. The van der Waals surface area contributed by atoms with Crippen LogP contribution in [0.2, 0.25) is 0 Å². The van der Waals surface area contributed by atoms with Crippen LogP contribution in [0.25, 0.3) is 0 Å². The van der Waals surface area contributed by atoms with E-state index in [4.69, 9.17) is 5.73 Å². The average molecular weight is 245 g/mol. The van der Waals surface area contributed by atoms with Crippen LogP contribution in [0.15, 0.2) is 30.6 Å². The Labute approximate surface area is 105 Å². The molecule has 0 bridgehead atoms. The molecule has 1 heterocycles. The molecule has 18 heavy (non-hydrogen) atoms. The van der Waals surface area contributed by atoms with Crippen LogP contribution < -0.4 is 5.73 Å². The number of amides is 1. The van der Waals surface area contributed by atoms with Gasteiger partial charge in [0.1, 0.15) is 12.2 Å². The van der Waals surface area contributed by atoms with Crippen LogP contribution in [0.4, 0.5) is 5.69 Å². The lowest BCUT2D eigenvalue weighted by Crippen LogP contribution is -2.28. The second kappa shape index (κ2) is 5.31. The number of carbonyl (C=O) groups excluding carboxylic acids is 1. The molecule has 1 amide bonds. The third-order valence-corrected chi connectivity index (χ3v) is 2.58. The molecule has 0 fully saturated rings. The van der Waals surface area contributed by atoms with Gasteiger partial charge in [0.25, 0.3) is 0 Å². The summed E-state index contributed by atoms with van der Waals surface area (Å²) in [6.45, 7) is 0.418. The molecule has 0 spiro atoms. The van der Waals surface area contributed by atoms with Gasteiger partial charge < -0.3 is 10.6 Å². The molecule has 1 aromatic heterocycles. The first-order valence-electron chi connectivity index (χ1n) is 5.58. The molecule has 94 valence electrons. The van der Waals surface area contributed by atoms with Crippen molar-refractivity contribution in [1.29, 1.82) is 0 Å². The third kappa shape index (κ3) is 3.07. The normalized spacial score (nSPS) is 10.3. The van der Waals surface area contributed by atoms with Gasteiger partial charge in [-0.3, -0.25) is 9.89 Å². The number of aromatic amines is 1. The monoisotopic (exact) mass is 245 g/mol. The quantitative estimate of drug-likeness (QED) is 0.771. The van der Waals surface area contributed by atoms with Crippen molar-refractivity contribution >= 4 is 11.6 Å². The van der Waals surface area contributed by atoms with Crippen LogP contribution in [0.1, 0.15) is 11.4 Å². The van der Waals surface area contributed by atoms with Crippen molar-refractivity contribution in [3.05, 3.63) is 42.0 Å². The van der Waals surface area contributed by atoms with Crippen LogP contribution in [0.3, 0.4) is 0 Å². The van der Waals surface area contributed by atoms with Gasteiger partial charge in [-0.25, -0.2) is 4.98 Å². The topological polar surface area (TPSA) is 87.9 Å². The summed E-state index contributed by atoms with van der Waals surface area (Å²) in [5.41, 5.74) is 7.24. The molecule has 0 saturated carbocycles. The van der Waals surface area contributed by atoms with E-state index in [-0.39, 0.29) is 5.91 Å². The molecule has 2 rings (SSSR count). The summed E-state index contributed by atoms with van der Waals surface area (Å²) in [5, 5.41) is 6.46. The summed E-state index contributed by atoms with van der Waals surface area (Å²) in [4.78, 5) is 17.6. The number of nitrogens with zero attached hydrogens (tertiary/aromatic N) is 3. The number of likely N-dealkylation sites (N-methyl/N-ethyl adjacent to an activating group) is 1. The highest BCUT2D eigenvalue weighted by Crippen LogP contribution is 2.08. The van der Waals surface area contributed by atoms with Crippen molar-refractivity contribution in [1.82, 2.24) is 20.1 Å². The summed E-state index contributed by atoms with van der Waals surface area (Å²) < 4.78 is 0. The minimum absolute atomic E-state index is 0.0111. The van der Waals surface area contributed by atoms with Crippen LogP contribution in [0.5, 0.6) is 0 Å². The summed E-state index contributed by atoms with van der Waals surface area (Å²) in [5.74, 6) is 0.676. The van der Waals surface area contributed by atoms with Gasteiger partial charge in [0.2, 0.25) is 5.91 Å². The molecular formula is C12H15N5O. The Bertz CT molecular complexity index is 523. The van der Waals surface area contributed by atoms with E-state index in [9.17, 15) is 4.79 Å². The molecule has 6 heteroatoms. The van der Waals surface area contributed by atoms with Gasteiger partial charge >= 0.3 is 0 Å². The lowest BCUT2D eigenvalue weighted by molar-refractivity contribution is -0.129. The SMILES string of the molecule is CN(Cc1ncn[nH]1)C(=O)Cc1cccc(N)c1. The van der Waals surface area contributed by atoms with E-state index in [0.29, 0.717) is 24.5 Å². The zero-order valence-electron chi connectivity index (χ0n) is 10.1. The lowest BCUT2D eigenvalue weighted by atomic mass is 10.1. The molecule has 2 aromatic rings. The van der Waals surface area contributed by atoms with Crippen LogP contribution in [0, 0.1) is 0 Å². The highest BCUT2D eigenvalue weighted by atomic mass is 16.2. The Kier molecular flexibility index (Phi) is 3.57. The number of rotatable bonds is 4. The highest BCUT2D eigenvalue weighted by molar-refractivity contribution is 5.78. The molecule has 0 radical (unpaired) electrons. The number of H-pyrrole nitrogens is 1. The van der Waals surface area contributed by atoms with E-state index in [2.05, 4.69) is 15.2 Å². The van der Waals surface area contributed by atoms with E-state index in [1.807, 2.05) is 12.1 Å². The predicted molar refractivity (Wildman–Crippen MR) is 67.4 cm³/mol. The van der Waals surface area contributed by atoms with Crippen molar-refractivity contribution in [2.75, 3.05) is 12.8 Å². The zero-order chi connectivity index (χ0) is 13.0. The lowest BCUT2D eigenvalue weighted by Gasteiger charge is -2.15. The van der Waals surface area contributed by atoms with Crippen molar-refractivity contribution in [3.8, 4) is 0 Å². The molecule has 0 aliphatic carbocycles. The number of nitrogen functional groups attached to an aromatic ring is 1. The molecule has 0 aliphatic heterocycles. The fourth-order valence-electron chi connectivity index (χ4n) is 1.63. The van der Waals surface area contributed by atoms with Gasteiger partial charge in [-0.2, -0.15) is 5.10 Å². The molecule has 0 saturated heterocycles. The van der Waals surface area contributed by atoms with Crippen LogP contribution >= 0.6 is 0 Å². The smallest absolute Gasteiger partial charge is 0.227 e. The summed E-state index contributed by atoms with van der Waals surface area (Å²) in [6.07, 6.45) is 1.75. The van der Waals surface area contributed by atoms with E-state index in [1.165, 1.54) is 6.33 Å². The molecule has 1 aromatic carbocycles. The summed E-state index contributed by atoms with van der Waals surface area (Å²) in [7, 11) is 1.73. The zero-order valence-corrected chi connectivity index (χ0v) is 10.1. The number of nitrogens with one attached hydrogen (secondary N) is 1. The number of hydrogen-bond donors (Lipinski definition) is 2. The van der Waals surface area contributed by atoms with E-state index < -0.39 is 0 Å². The fraction of sp³-hybridized carbons (Fsp3) is 0.250. The third-order valence-electron chi connectivity index (χ3n) is 2.58. The number of hydrogen-bond acceptors (Lipinski definition) is 4. The largest absolute Gasteiger partial charge is 0.399 e. The summed E-state index contributed by atoms with van der Waals surface area (Å²) >= 11 is 0. The molecule has 0 atom stereocenters. The van der Waals surface area contributed by atoms with Gasteiger partial charge in [0.15, 0.2) is 0 Å². The number of anilines is 1. The average Bonchev–Trinajstić information content (AvgIpc) is 2.81. The first kappa shape index (κ1) is 12.1. The van der Waals surface area contributed by atoms with E-state index in [1.54, 1.807) is 24.1 Å². The standard InChI is InChI=1S/C12H15N5O/c1-17(7-11-14-8-15-16-11)12(18)6-9-3-2-4-10(13)5-9/h2-5,8H,6-7,13H2,1H3,(H,14,15,16). The minimum Gasteiger partial charge on any atom is -0.399 e. The maximum Gasteiger partial charge on any atom is 0.227 e. The summed E-state index contributed by atoms with van der Waals surface area (Å²) in [6, 6.07) is 7.33. The van der Waals surface area contributed by atoms with Crippen molar-refractivity contribution in [3.63, 3.8) is 0 Å². The molecule has 6 nitrogen and oxygen atoms in total. The maximum absolute atomic E-state index is 12.0. The predicted octanol–water partition coefficient (Wildman–Crippen LogP) is 0.588. The number of aromatic nitrogens is 3. The molecular weight excluding hydrogens is 230 g/mol. The van der Waals surface area contributed by atoms with Gasteiger partial charge in [-0.15, -0.1) is 0 Å². The Hall–Kier alpha value is -2.37. The Morgan fingerprint density at radius 1 is 1.50 bits per heavy atom. The molecule has 0 unspecified atom stereocenters. The molecule has 3 N–H and O–H groups in total. The minimum atomic E-state index is 0.0111.